The quantitative estimate of drug-likeness (QED) is 0.0186. The molecule has 0 saturated carbocycles. The molecule has 10 rings (SSSR count). The van der Waals surface area contributed by atoms with Gasteiger partial charge in [0.1, 0.15) is 72.4 Å². The van der Waals surface area contributed by atoms with Crippen LogP contribution in [0.1, 0.15) is 59.7 Å². The van der Waals surface area contributed by atoms with E-state index in [9.17, 15) is 76.0 Å². The number of amides is 5. The first kappa shape index (κ1) is 102. The number of carbonyl (C=O) groups is 5. The number of nitrogens with zero attached hydrogens (tertiary/aromatic N) is 13. The predicted octanol–water partition coefficient (Wildman–Crippen LogP) is 0.246. The predicted molar refractivity (Wildman–Crippen MR) is 439 cm³/mol. The number of aromatic nitrogens is 8. The first-order valence-electron chi connectivity index (χ1n) is 42.2. The molecule has 48 heteroatoms. The fourth-order valence-corrected chi connectivity index (χ4v) is 13.8. The number of alkyl halides is 6. The van der Waals surface area contributed by atoms with Crippen molar-refractivity contribution in [2.24, 2.45) is 0 Å². The molecular weight excluding hydrogens is 1720 g/mol. The number of carbonyl (C=O) groups excluding carboxylic acids is 5. The lowest BCUT2D eigenvalue weighted by Crippen LogP contribution is -2.57. The van der Waals surface area contributed by atoms with Gasteiger partial charge in [-0.3, -0.25) is 29.1 Å². The van der Waals surface area contributed by atoms with E-state index in [1.54, 1.807) is 41.7 Å². The zero-order valence-electron chi connectivity index (χ0n) is 71.5. The standard InChI is InChI=1S/C81H112F6N18O24/c1-79(2)75(113)57-5-6-58(99-76(57)105(79)43-53-4-3-9-91-59(53)36-88)54-37-94-77(95-38-54)102-12-13-104-56(44-102)45-103(78(104)114)14-19-117-22-25-120-32-35-127-52-70(108)96-55(46-123-15-7-68(106)92-10-17-115-20-23-118-26-28-121-30-33-125-50-62-73(111)71(109)60(48-128-62)97-66-41-89-39-64(100-66)80(82,83)84)47-124-16-8-69(107)93-11-18-116-21-24-119-27-29-122-31-34-126-51-63-74(112)72(110)61(49-129-63)98-67-42-90-40-65(101-67)81(85,86)87/h3-6,9,37-42,55-56,60-63,71-74,109-112H,7-8,10-35,43-52H2,1-2H3,(H,92,106)(H,93,107)(H,96,108)(H,97,100)(H,98,101)/t56-,60-,61-,62+,63+,71+,72+,73-,74-/m0/s1. The minimum Gasteiger partial charge on any atom is -0.388 e. The van der Waals surface area contributed by atoms with Crippen LogP contribution >= 0.6 is 0 Å². The summed E-state index contributed by atoms with van der Waals surface area (Å²) in [6, 6.07) is 6.43. The van der Waals surface area contributed by atoms with Crippen LogP contribution in [0.25, 0.3) is 11.3 Å². The highest BCUT2D eigenvalue weighted by Gasteiger charge is 2.47. The van der Waals surface area contributed by atoms with E-state index < -0.39 is 89.9 Å². The number of Topliss-reactive ketones (excluding diaryl/α,β-unsaturated/α-hetero) is 1. The molecule has 10 heterocycles. The Morgan fingerprint density at radius 2 is 1.05 bits per heavy atom. The van der Waals surface area contributed by atoms with Crippen molar-refractivity contribution in [3.05, 3.63) is 95.9 Å². The van der Waals surface area contributed by atoms with Crippen LogP contribution in [-0.2, 0) is 104 Å². The number of fused-ring (bicyclic) bond motifs is 2. The van der Waals surface area contributed by atoms with Crippen molar-refractivity contribution in [2.45, 2.75) is 112 Å². The molecular formula is C81H112F6N18O24. The summed E-state index contributed by atoms with van der Waals surface area (Å²) in [5, 5.41) is 65.5. The fraction of sp³-hybridized carbons (Fsp3) is 0.654. The van der Waals surface area contributed by atoms with Crippen LogP contribution in [-0.4, -0.2) is 397 Å². The molecule has 0 spiro atoms. The van der Waals surface area contributed by atoms with Gasteiger partial charge in [-0.05, 0) is 32.0 Å². The number of pyridine rings is 2. The number of ketones is 1. The van der Waals surface area contributed by atoms with Gasteiger partial charge >= 0.3 is 18.4 Å². The molecule has 9 atom stereocenters. The second-order valence-electron chi connectivity index (χ2n) is 30.5. The molecule has 5 aliphatic heterocycles. The van der Waals surface area contributed by atoms with Gasteiger partial charge in [-0.2, -0.15) is 31.6 Å². The molecule has 5 aromatic rings. The summed E-state index contributed by atoms with van der Waals surface area (Å²) in [7, 11) is 0. The van der Waals surface area contributed by atoms with Gasteiger partial charge in [0.25, 0.3) is 0 Å². The maximum atomic E-state index is 13.6. The number of ether oxygens (including phenoxy) is 15. The van der Waals surface area contributed by atoms with Crippen molar-refractivity contribution < 1.29 is 142 Å². The lowest BCUT2D eigenvalue weighted by molar-refractivity contribution is -0.161. The molecule has 0 aromatic carbocycles. The first-order chi connectivity index (χ1) is 62.2. The van der Waals surface area contributed by atoms with E-state index in [1.807, 2.05) is 34.6 Å². The average Bonchev–Trinajstić information content (AvgIpc) is 1.59. The molecule has 5 aromatic heterocycles. The molecule has 42 nitrogen and oxygen atoms in total. The monoisotopic (exact) mass is 1830 g/mol. The third kappa shape index (κ3) is 32.4. The van der Waals surface area contributed by atoms with Gasteiger partial charge in [0.2, 0.25) is 23.7 Å². The average molecular weight is 1840 g/mol. The van der Waals surface area contributed by atoms with E-state index in [1.165, 1.54) is 0 Å². The highest BCUT2D eigenvalue weighted by Crippen LogP contribution is 2.40. The molecule has 712 valence electrons. The van der Waals surface area contributed by atoms with E-state index >= 15 is 0 Å². The lowest BCUT2D eigenvalue weighted by atomic mass is 9.97. The SMILES string of the molecule is CC1(C)C(=O)c2ccc(-c3cnc(N4CCN5C(=O)N(CCOCCOCCOCC(=O)NC(COCCC(=O)NCCOCCOCCOCCOC[C@H]6OC[C@H](Nc7cncc(C(F)(F)F)n7)[C@@H](O)[C@H]6O)COCCC(=O)NCCOCCOCCOCCOC[C@H]6OC[C@H](Nc7cncc(C(F)(F)F)n7)[C@@H](O)[C@H]6O)C[C@@H]5C4)nc3)nc2N1Cc1cccnc1C#N. The van der Waals surface area contributed by atoms with Gasteiger partial charge in [-0.15, -0.1) is 0 Å². The molecule has 0 unspecified atom stereocenters. The van der Waals surface area contributed by atoms with Crippen molar-refractivity contribution in [3.63, 3.8) is 0 Å². The first-order valence-corrected chi connectivity index (χ1v) is 42.2. The Hall–Kier alpha value is -9.60. The zero-order valence-corrected chi connectivity index (χ0v) is 71.5. The Morgan fingerprint density at radius 1 is 0.566 bits per heavy atom. The number of nitriles is 1. The molecule has 5 amide bonds. The van der Waals surface area contributed by atoms with E-state index in [4.69, 9.17) is 86.0 Å². The molecule has 4 fully saturated rings. The highest BCUT2D eigenvalue weighted by molar-refractivity contribution is 6.13. The van der Waals surface area contributed by atoms with E-state index in [-0.39, 0.29) is 264 Å². The summed E-state index contributed by atoms with van der Waals surface area (Å²) in [6.45, 7) is 9.64. The zero-order chi connectivity index (χ0) is 92.0. The van der Waals surface area contributed by atoms with Crippen LogP contribution in [0.2, 0.25) is 0 Å². The van der Waals surface area contributed by atoms with E-state index in [0.717, 1.165) is 12.4 Å². The number of piperazine rings is 1. The van der Waals surface area contributed by atoms with Gasteiger partial charge in [0, 0.05) is 94.9 Å². The summed E-state index contributed by atoms with van der Waals surface area (Å²) in [6.07, 6.45) is -8.72. The van der Waals surface area contributed by atoms with Crippen LogP contribution < -0.4 is 36.4 Å². The number of urea groups is 1. The Labute approximate surface area is 739 Å². The smallest absolute Gasteiger partial charge is 0.388 e. The lowest BCUT2D eigenvalue weighted by Gasteiger charge is -2.38. The molecule has 0 aliphatic carbocycles. The van der Waals surface area contributed by atoms with E-state index in [0.29, 0.717) is 79.3 Å². The highest BCUT2D eigenvalue weighted by atomic mass is 19.4. The van der Waals surface area contributed by atoms with E-state index in [2.05, 4.69) is 57.6 Å². The third-order valence-electron chi connectivity index (χ3n) is 20.7. The topological polar surface area (TPSA) is 505 Å². The molecule has 129 heavy (non-hydrogen) atoms. The van der Waals surface area contributed by atoms with Crippen molar-refractivity contribution >= 4 is 52.9 Å². The minimum atomic E-state index is -4.72. The number of halogens is 6. The van der Waals surface area contributed by atoms with Crippen molar-refractivity contribution in [1.82, 2.24) is 65.6 Å². The van der Waals surface area contributed by atoms with Crippen molar-refractivity contribution in [3.8, 4) is 17.3 Å². The largest absolute Gasteiger partial charge is 0.434 e. The van der Waals surface area contributed by atoms with Gasteiger partial charge in [-0.25, -0.2) is 34.7 Å². The van der Waals surface area contributed by atoms with Crippen LogP contribution in [0.3, 0.4) is 0 Å². The molecule has 0 bridgehead atoms. The van der Waals surface area contributed by atoms with Crippen molar-refractivity contribution in [1.29, 1.82) is 5.26 Å². The Kier molecular flexibility index (Phi) is 41.3. The van der Waals surface area contributed by atoms with Gasteiger partial charge in [0.15, 0.2) is 17.2 Å². The van der Waals surface area contributed by atoms with Crippen LogP contribution in [0.15, 0.2) is 67.6 Å². The summed E-state index contributed by atoms with van der Waals surface area (Å²) >= 11 is 0. The van der Waals surface area contributed by atoms with Gasteiger partial charge in [0.05, 0.1) is 244 Å². The molecule has 4 saturated heterocycles. The molecule has 5 aliphatic rings. The second kappa shape index (κ2) is 52.4. The molecule has 0 radical (unpaired) electrons. The second-order valence-corrected chi connectivity index (χ2v) is 30.5. The summed E-state index contributed by atoms with van der Waals surface area (Å²) in [4.78, 5) is 105. The summed E-state index contributed by atoms with van der Waals surface area (Å²) in [5.41, 5.74) is -0.691. The summed E-state index contributed by atoms with van der Waals surface area (Å²) in [5.74, 6) is -0.682. The minimum absolute atomic E-state index is 0.00781. The Morgan fingerprint density at radius 3 is 1.56 bits per heavy atom. The number of aliphatic hydroxyl groups excluding tert-OH is 4. The van der Waals surface area contributed by atoms with Gasteiger partial charge < -0.3 is 138 Å². The maximum Gasteiger partial charge on any atom is 0.434 e. The third-order valence-corrected chi connectivity index (χ3v) is 20.7. The normalized spacial score (nSPS) is 20.4. The number of aliphatic hydroxyl groups is 4. The van der Waals surface area contributed by atoms with Gasteiger partial charge in [-0.1, -0.05) is 6.07 Å². The Bertz CT molecular complexity index is 4180. The Balaban J connectivity index is 0.546. The number of hydrogen-bond acceptors (Lipinski definition) is 37. The fourth-order valence-electron chi connectivity index (χ4n) is 13.8. The number of hydrogen-bond donors (Lipinski definition) is 9. The number of rotatable bonds is 58. The maximum absolute atomic E-state index is 13.6. The van der Waals surface area contributed by atoms with Crippen LogP contribution in [0.4, 0.5) is 54.5 Å². The number of nitrogens with one attached hydrogen (secondary N) is 5. The van der Waals surface area contributed by atoms with Crippen LogP contribution in [0, 0.1) is 11.3 Å². The van der Waals surface area contributed by atoms with Crippen molar-refractivity contribution in [2.75, 3.05) is 251 Å². The molecule has 9 N–H and O–H groups in total. The number of anilines is 4. The van der Waals surface area contributed by atoms with Crippen LogP contribution in [0.5, 0.6) is 0 Å². The summed E-state index contributed by atoms with van der Waals surface area (Å²) < 4.78 is 162.